The van der Waals surface area contributed by atoms with Gasteiger partial charge in [0.05, 0.1) is 25.9 Å². The molecule has 0 spiro atoms. The molecule has 1 aliphatic heterocycles. The lowest BCUT2D eigenvalue weighted by Crippen LogP contribution is -2.35. The Hall–Kier alpha value is -0.200. The number of ether oxygens (including phenoxy) is 2. The first-order valence-corrected chi connectivity index (χ1v) is 7.33. The van der Waals surface area contributed by atoms with Crippen molar-refractivity contribution in [1.82, 2.24) is 10.2 Å². The van der Waals surface area contributed by atoms with Gasteiger partial charge in [0, 0.05) is 26.2 Å². The molecule has 1 rings (SSSR count). The van der Waals surface area contributed by atoms with Crippen LogP contribution in [0, 0.1) is 5.92 Å². The van der Waals surface area contributed by atoms with Gasteiger partial charge in [-0.25, -0.2) is 0 Å². The number of aliphatic hydroxyl groups is 1. The summed E-state index contributed by atoms with van der Waals surface area (Å²) in [6.45, 7) is 9.95. The summed E-state index contributed by atoms with van der Waals surface area (Å²) in [5.41, 5.74) is 0. The van der Waals surface area contributed by atoms with E-state index in [4.69, 9.17) is 9.47 Å². The van der Waals surface area contributed by atoms with Gasteiger partial charge in [0.2, 0.25) is 0 Å². The molecule has 5 nitrogen and oxygen atoms in total. The molecule has 2 N–H and O–H groups in total. The molecule has 5 heteroatoms. The van der Waals surface area contributed by atoms with Gasteiger partial charge in [0.25, 0.3) is 0 Å². The van der Waals surface area contributed by atoms with E-state index in [0.717, 1.165) is 6.54 Å². The third-order valence-corrected chi connectivity index (χ3v) is 3.60. The van der Waals surface area contributed by atoms with E-state index in [2.05, 4.69) is 24.1 Å². The van der Waals surface area contributed by atoms with Gasteiger partial charge in [-0.15, -0.1) is 0 Å². The number of aliphatic hydroxyl groups excluding tert-OH is 1. The topological polar surface area (TPSA) is 54.0 Å². The summed E-state index contributed by atoms with van der Waals surface area (Å²) >= 11 is 0. The fourth-order valence-electron chi connectivity index (χ4n) is 2.37. The molecule has 19 heavy (non-hydrogen) atoms. The maximum absolute atomic E-state index is 9.72. The van der Waals surface area contributed by atoms with Crippen molar-refractivity contribution in [3.63, 3.8) is 0 Å². The van der Waals surface area contributed by atoms with Gasteiger partial charge in [-0.2, -0.15) is 0 Å². The maximum atomic E-state index is 9.72. The van der Waals surface area contributed by atoms with Crippen LogP contribution in [-0.4, -0.2) is 75.3 Å². The molecule has 0 amide bonds. The zero-order chi connectivity index (χ0) is 14.1. The van der Waals surface area contributed by atoms with Crippen molar-refractivity contribution in [3.8, 4) is 0 Å². The fourth-order valence-corrected chi connectivity index (χ4v) is 2.37. The van der Waals surface area contributed by atoms with E-state index in [1.807, 2.05) is 0 Å². The van der Waals surface area contributed by atoms with Crippen LogP contribution in [0.5, 0.6) is 0 Å². The minimum atomic E-state index is -0.431. The second-order valence-corrected chi connectivity index (χ2v) is 5.62. The smallest absolute Gasteiger partial charge is 0.0897 e. The summed E-state index contributed by atoms with van der Waals surface area (Å²) < 4.78 is 10.2. The van der Waals surface area contributed by atoms with Gasteiger partial charge >= 0.3 is 0 Å². The molecule has 2 unspecified atom stereocenters. The molecule has 0 saturated carbocycles. The average molecular weight is 274 g/mol. The van der Waals surface area contributed by atoms with Crippen molar-refractivity contribution in [2.45, 2.75) is 32.4 Å². The minimum absolute atomic E-state index is 0.374. The summed E-state index contributed by atoms with van der Waals surface area (Å²) in [6, 6.07) is 0.643. The first kappa shape index (κ1) is 16.9. The Bertz CT molecular complexity index is 227. The largest absolute Gasteiger partial charge is 0.389 e. The third kappa shape index (κ3) is 7.22. The third-order valence-electron chi connectivity index (χ3n) is 3.60. The van der Waals surface area contributed by atoms with E-state index in [-0.39, 0.29) is 0 Å². The summed E-state index contributed by atoms with van der Waals surface area (Å²) in [6.07, 6.45) is 0.825. The predicted molar refractivity (Wildman–Crippen MR) is 76.4 cm³/mol. The Kier molecular flexibility index (Phi) is 8.57. The summed E-state index contributed by atoms with van der Waals surface area (Å²) in [5, 5.41) is 13.1. The molecule has 114 valence electrons. The second-order valence-electron chi connectivity index (χ2n) is 5.62. The van der Waals surface area contributed by atoms with Crippen molar-refractivity contribution in [2.75, 3.05) is 53.1 Å². The van der Waals surface area contributed by atoms with Crippen LogP contribution < -0.4 is 5.32 Å². The molecule has 0 aromatic rings. The van der Waals surface area contributed by atoms with Gasteiger partial charge in [0.1, 0.15) is 0 Å². The van der Waals surface area contributed by atoms with Crippen LogP contribution in [0.2, 0.25) is 0 Å². The van der Waals surface area contributed by atoms with Crippen LogP contribution >= 0.6 is 0 Å². The second kappa shape index (κ2) is 9.66. The van der Waals surface area contributed by atoms with Crippen LogP contribution in [-0.2, 0) is 9.47 Å². The molecule has 2 atom stereocenters. The quantitative estimate of drug-likeness (QED) is 0.562. The van der Waals surface area contributed by atoms with Gasteiger partial charge < -0.3 is 24.8 Å². The number of nitrogens with one attached hydrogen (secondary N) is 1. The monoisotopic (exact) mass is 274 g/mol. The normalized spacial score (nSPS) is 22.3. The van der Waals surface area contributed by atoms with Gasteiger partial charge in [-0.1, -0.05) is 0 Å². The molecule has 0 aromatic carbocycles. The van der Waals surface area contributed by atoms with E-state index in [1.54, 1.807) is 7.11 Å². The Labute approximate surface area is 117 Å². The Balaban J connectivity index is 1.98. The van der Waals surface area contributed by atoms with Crippen molar-refractivity contribution in [1.29, 1.82) is 0 Å². The first-order chi connectivity index (χ1) is 9.13. The van der Waals surface area contributed by atoms with Crippen molar-refractivity contribution in [2.24, 2.45) is 5.92 Å². The predicted octanol–water partition coefficient (Wildman–Crippen LogP) is 0.330. The van der Waals surface area contributed by atoms with E-state index >= 15 is 0 Å². The van der Waals surface area contributed by atoms with Gasteiger partial charge in [0.15, 0.2) is 0 Å². The van der Waals surface area contributed by atoms with Crippen molar-refractivity contribution >= 4 is 0 Å². The highest BCUT2D eigenvalue weighted by molar-refractivity contribution is 4.79. The van der Waals surface area contributed by atoms with Crippen molar-refractivity contribution < 1.29 is 14.6 Å². The number of methoxy groups -OCH3 is 1. The number of hydrogen-bond acceptors (Lipinski definition) is 5. The number of rotatable bonds is 10. The first-order valence-electron chi connectivity index (χ1n) is 7.33. The Morgan fingerprint density at radius 3 is 2.79 bits per heavy atom. The van der Waals surface area contributed by atoms with Crippen molar-refractivity contribution in [3.05, 3.63) is 0 Å². The molecule has 1 fully saturated rings. The van der Waals surface area contributed by atoms with Gasteiger partial charge in [-0.05, 0) is 39.3 Å². The summed E-state index contributed by atoms with van der Waals surface area (Å²) in [7, 11) is 1.64. The van der Waals surface area contributed by atoms with Crippen LogP contribution in [0.1, 0.15) is 20.3 Å². The lowest BCUT2D eigenvalue weighted by atomic mass is 10.1. The maximum Gasteiger partial charge on any atom is 0.0897 e. The fraction of sp³-hybridized carbons (Fsp3) is 1.00. The SMILES string of the molecule is COCCOCC(O)CNCC1CCN(C(C)C)C1. The minimum Gasteiger partial charge on any atom is -0.389 e. The lowest BCUT2D eigenvalue weighted by molar-refractivity contribution is 0.0136. The highest BCUT2D eigenvalue weighted by atomic mass is 16.5. The van der Waals surface area contributed by atoms with Gasteiger partial charge in [-0.3, -0.25) is 0 Å². The molecule has 1 aliphatic rings. The molecular weight excluding hydrogens is 244 g/mol. The van der Waals surface area contributed by atoms with Crippen LogP contribution in [0.25, 0.3) is 0 Å². The number of likely N-dealkylation sites (tertiary alicyclic amines) is 1. The van der Waals surface area contributed by atoms with Crippen LogP contribution in [0.4, 0.5) is 0 Å². The van der Waals surface area contributed by atoms with E-state index in [9.17, 15) is 5.11 Å². The highest BCUT2D eigenvalue weighted by Crippen LogP contribution is 2.17. The zero-order valence-electron chi connectivity index (χ0n) is 12.6. The lowest BCUT2D eigenvalue weighted by Gasteiger charge is -2.20. The molecule has 0 radical (unpaired) electrons. The molecule has 1 heterocycles. The van der Waals surface area contributed by atoms with E-state index < -0.39 is 6.10 Å². The Morgan fingerprint density at radius 1 is 1.37 bits per heavy atom. The Morgan fingerprint density at radius 2 is 2.16 bits per heavy atom. The molecule has 0 aliphatic carbocycles. The summed E-state index contributed by atoms with van der Waals surface area (Å²) in [5.74, 6) is 0.712. The zero-order valence-corrected chi connectivity index (χ0v) is 12.6. The van der Waals surface area contributed by atoms with Crippen LogP contribution in [0.15, 0.2) is 0 Å². The van der Waals surface area contributed by atoms with E-state index in [0.29, 0.717) is 38.3 Å². The average Bonchev–Trinajstić information content (AvgIpc) is 2.84. The molecular formula is C14H30N2O3. The molecule has 0 aromatic heterocycles. The number of hydrogen-bond donors (Lipinski definition) is 2. The molecule has 1 saturated heterocycles. The van der Waals surface area contributed by atoms with Crippen LogP contribution in [0.3, 0.4) is 0 Å². The molecule has 0 bridgehead atoms. The summed E-state index contributed by atoms with van der Waals surface area (Å²) in [4.78, 5) is 2.51. The van der Waals surface area contributed by atoms with E-state index in [1.165, 1.54) is 19.5 Å². The highest BCUT2D eigenvalue weighted by Gasteiger charge is 2.23. The number of nitrogens with zero attached hydrogens (tertiary/aromatic N) is 1. The standard InChI is InChI=1S/C14H30N2O3/c1-12(2)16-5-4-13(10-16)8-15-9-14(17)11-19-7-6-18-3/h12-15,17H,4-11H2,1-3H3.